The van der Waals surface area contributed by atoms with Gasteiger partial charge in [-0.2, -0.15) is 13.2 Å². The summed E-state index contributed by atoms with van der Waals surface area (Å²) in [6.07, 6.45) is -6.50. The van der Waals surface area contributed by atoms with Crippen molar-refractivity contribution in [2.45, 2.75) is 25.7 Å². The molecule has 0 aromatic heterocycles. The molecule has 94 valence electrons. The first-order chi connectivity index (χ1) is 7.64. The molecule has 1 unspecified atom stereocenters. The molecule has 0 saturated carbocycles. The van der Waals surface area contributed by atoms with Crippen LogP contribution in [-0.2, 0) is 19.1 Å². The largest absolute Gasteiger partial charge is 0.441 e. The average molecular weight is 251 g/mol. The SMILES string of the molecule is C=C(C(=O)N1C(=O)CC1OC(C)=O)C(F)(F)F. The smallest absolute Gasteiger partial charge is 0.421 e. The molecule has 1 fully saturated rings. The first-order valence-electron chi connectivity index (χ1n) is 4.44. The minimum absolute atomic E-state index is 0.233. The predicted molar refractivity (Wildman–Crippen MR) is 47.2 cm³/mol. The highest BCUT2D eigenvalue weighted by molar-refractivity contribution is 6.08. The Labute approximate surface area is 93.8 Å². The van der Waals surface area contributed by atoms with E-state index in [-0.39, 0.29) is 11.3 Å². The van der Waals surface area contributed by atoms with Crippen LogP contribution < -0.4 is 0 Å². The first kappa shape index (κ1) is 13.2. The van der Waals surface area contributed by atoms with Gasteiger partial charge in [0.1, 0.15) is 5.57 Å². The van der Waals surface area contributed by atoms with Crippen molar-refractivity contribution in [2.24, 2.45) is 0 Å². The normalized spacial score (nSPS) is 19.6. The molecule has 1 saturated heterocycles. The quantitative estimate of drug-likeness (QED) is 0.413. The molecule has 1 aliphatic heterocycles. The van der Waals surface area contributed by atoms with Gasteiger partial charge in [-0.05, 0) is 0 Å². The van der Waals surface area contributed by atoms with Crippen molar-refractivity contribution in [2.75, 3.05) is 0 Å². The van der Waals surface area contributed by atoms with Crippen molar-refractivity contribution in [1.82, 2.24) is 4.90 Å². The summed E-state index contributed by atoms with van der Waals surface area (Å²) in [6.45, 7) is 3.59. The van der Waals surface area contributed by atoms with Crippen LogP contribution in [-0.4, -0.2) is 35.1 Å². The van der Waals surface area contributed by atoms with E-state index in [4.69, 9.17) is 0 Å². The number of carbonyl (C=O) groups excluding carboxylic acids is 3. The van der Waals surface area contributed by atoms with E-state index in [9.17, 15) is 27.6 Å². The first-order valence-corrected chi connectivity index (χ1v) is 4.44. The Morgan fingerprint density at radius 3 is 2.35 bits per heavy atom. The zero-order valence-electron chi connectivity index (χ0n) is 8.71. The second kappa shape index (κ2) is 4.19. The fourth-order valence-corrected chi connectivity index (χ4v) is 1.18. The van der Waals surface area contributed by atoms with Gasteiger partial charge in [-0.1, -0.05) is 6.58 Å². The molecule has 0 N–H and O–H groups in total. The fraction of sp³-hybridized carbons (Fsp3) is 0.444. The van der Waals surface area contributed by atoms with Gasteiger partial charge in [0.15, 0.2) is 6.23 Å². The number of ether oxygens (including phenoxy) is 1. The van der Waals surface area contributed by atoms with Crippen LogP contribution in [0.5, 0.6) is 0 Å². The third-order valence-corrected chi connectivity index (χ3v) is 2.03. The molecule has 0 aromatic rings. The maximum Gasteiger partial charge on any atom is 0.421 e. The lowest BCUT2D eigenvalue weighted by molar-refractivity contribution is -0.187. The molecule has 0 aromatic carbocycles. The number of nitrogens with zero attached hydrogens (tertiary/aromatic N) is 1. The topological polar surface area (TPSA) is 63.7 Å². The van der Waals surface area contributed by atoms with E-state index in [2.05, 4.69) is 11.3 Å². The third kappa shape index (κ3) is 2.63. The molecule has 0 spiro atoms. The van der Waals surface area contributed by atoms with Gasteiger partial charge in [0, 0.05) is 6.92 Å². The second-order valence-corrected chi connectivity index (χ2v) is 3.31. The number of hydrogen-bond donors (Lipinski definition) is 0. The lowest BCUT2D eigenvalue weighted by Crippen LogP contribution is -2.58. The van der Waals surface area contributed by atoms with Crippen LogP contribution in [0.1, 0.15) is 13.3 Å². The van der Waals surface area contributed by atoms with Crippen molar-refractivity contribution >= 4 is 17.8 Å². The van der Waals surface area contributed by atoms with Gasteiger partial charge in [0.05, 0.1) is 6.42 Å². The zero-order valence-corrected chi connectivity index (χ0v) is 8.71. The molecular weight excluding hydrogens is 243 g/mol. The van der Waals surface area contributed by atoms with E-state index in [1.54, 1.807) is 0 Å². The molecule has 5 nitrogen and oxygen atoms in total. The molecule has 1 heterocycles. The zero-order chi connectivity index (χ0) is 13.4. The summed E-state index contributed by atoms with van der Waals surface area (Å²) < 4.78 is 41.0. The fourth-order valence-electron chi connectivity index (χ4n) is 1.18. The van der Waals surface area contributed by atoms with Crippen molar-refractivity contribution < 1.29 is 32.3 Å². The molecule has 2 amide bonds. The Morgan fingerprint density at radius 1 is 1.47 bits per heavy atom. The van der Waals surface area contributed by atoms with Crippen LogP contribution in [0.15, 0.2) is 12.2 Å². The highest BCUT2D eigenvalue weighted by atomic mass is 19.4. The van der Waals surface area contributed by atoms with Crippen molar-refractivity contribution in [3.8, 4) is 0 Å². The van der Waals surface area contributed by atoms with Gasteiger partial charge < -0.3 is 4.74 Å². The number of halogens is 3. The van der Waals surface area contributed by atoms with Crippen LogP contribution >= 0.6 is 0 Å². The molecule has 8 heteroatoms. The second-order valence-electron chi connectivity index (χ2n) is 3.31. The monoisotopic (exact) mass is 251 g/mol. The minimum atomic E-state index is -4.92. The van der Waals surface area contributed by atoms with E-state index in [1.165, 1.54) is 0 Å². The minimum Gasteiger partial charge on any atom is -0.441 e. The summed E-state index contributed by atoms with van der Waals surface area (Å²) in [6, 6.07) is 0. The Bertz CT molecular complexity index is 402. The summed E-state index contributed by atoms with van der Waals surface area (Å²) in [5.41, 5.74) is -1.68. The van der Waals surface area contributed by atoms with Crippen molar-refractivity contribution in [3.05, 3.63) is 12.2 Å². The maximum absolute atomic E-state index is 12.2. The molecule has 1 rings (SSSR count). The van der Waals surface area contributed by atoms with E-state index in [1.807, 2.05) is 0 Å². The number of rotatable bonds is 2. The van der Waals surface area contributed by atoms with E-state index < -0.39 is 35.8 Å². The summed E-state index contributed by atoms with van der Waals surface area (Å²) in [7, 11) is 0. The molecule has 1 aliphatic rings. The lowest BCUT2D eigenvalue weighted by Gasteiger charge is -2.37. The van der Waals surface area contributed by atoms with Crippen LogP contribution in [0.3, 0.4) is 0 Å². The summed E-state index contributed by atoms with van der Waals surface area (Å²) in [5, 5.41) is 0. The summed E-state index contributed by atoms with van der Waals surface area (Å²) in [5.74, 6) is -3.23. The van der Waals surface area contributed by atoms with Gasteiger partial charge in [-0.15, -0.1) is 0 Å². The Kier molecular flexibility index (Phi) is 3.25. The predicted octanol–water partition coefficient (Wildman–Crippen LogP) is 0.753. The lowest BCUT2D eigenvalue weighted by atomic mass is 10.1. The van der Waals surface area contributed by atoms with Gasteiger partial charge in [-0.3, -0.25) is 14.4 Å². The van der Waals surface area contributed by atoms with Crippen LogP contribution in [0.25, 0.3) is 0 Å². The number of hydrogen-bond acceptors (Lipinski definition) is 4. The van der Waals surface area contributed by atoms with Gasteiger partial charge in [0.2, 0.25) is 5.91 Å². The molecule has 17 heavy (non-hydrogen) atoms. The Morgan fingerprint density at radius 2 is 2.00 bits per heavy atom. The van der Waals surface area contributed by atoms with Crippen LogP contribution in [0.2, 0.25) is 0 Å². The molecule has 1 atom stereocenters. The Hall–Kier alpha value is -1.86. The number of esters is 1. The van der Waals surface area contributed by atoms with Crippen LogP contribution in [0.4, 0.5) is 13.2 Å². The number of likely N-dealkylation sites (tertiary alicyclic amines) is 1. The molecular formula is C9H8F3NO4. The van der Waals surface area contributed by atoms with Crippen molar-refractivity contribution in [3.63, 3.8) is 0 Å². The maximum atomic E-state index is 12.2. The number of carbonyl (C=O) groups is 3. The third-order valence-electron chi connectivity index (χ3n) is 2.03. The van der Waals surface area contributed by atoms with Crippen molar-refractivity contribution in [1.29, 1.82) is 0 Å². The summed E-state index contributed by atoms with van der Waals surface area (Å²) in [4.78, 5) is 33.1. The highest BCUT2D eigenvalue weighted by Gasteiger charge is 2.48. The van der Waals surface area contributed by atoms with E-state index in [0.29, 0.717) is 0 Å². The number of alkyl halides is 3. The Balaban J connectivity index is 2.78. The van der Waals surface area contributed by atoms with Gasteiger partial charge in [0.25, 0.3) is 5.91 Å². The van der Waals surface area contributed by atoms with Crippen LogP contribution in [0, 0.1) is 0 Å². The standard InChI is InChI=1S/C9H8F3NO4/c1-4(9(10,11)12)8(16)13-6(15)3-7(13)17-5(2)14/h7H,1,3H2,2H3. The molecule has 0 bridgehead atoms. The van der Waals surface area contributed by atoms with Gasteiger partial charge in [-0.25, -0.2) is 4.90 Å². The number of β-lactam (4-membered cyclic amide) rings is 1. The summed E-state index contributed by atoms with van der Waals surface area (Å²) >= 11 is 0. The number of imide groups is 1. The number of amides is 2. The van der Waals surface area contributed by atoms with E-state index in [0.717, 1.165) is 6.92 Å². The average Bonchev–Trinajstić information content (AvgIpc) is 2.13. The molecule has 0 radical (unpaired) electrons. The highest BCUT2D eigenvalue weighted by Crippen LogP contribution is 2.30. The van der Waals surface area contributed by atoms with Gasteiger partial charge >= 0.3 is 12.1 Å². The molecule has 0 aliphatic carbocycles. The van der Waals surface area contributed by atoms with E-state index >= 15 is 0 Å².